The summed E-state index contributed by atoms with van der Waals surface area (Å²) >= 11 is 1.02. The van der Waals surface area contributed by atoms with Gasteiger partial charge in [0.1, 0.15) is 9.77 Å². The number of rotatable bonds is 4. The number of nitrogens with zero attached hydrogens (tertiary/aromatic N) is 1. The highest BCUT2D eigenvalue weighted by Gasteiger charge is 2.27. The molecule has 0 spiro atoms. The number of primary amides is 1. The average molecular weight is 310 g/mol. The van der Waals surface area contributed by atoms with Crippen LogP contribution in [0.15, 0.2) is 40.6 Å². The van der Waals surface area contributed by atoms with Crippen LogP contribution in [0.2, 0.25) is 0 Å². The van der Waals surface area contributed by atoms with Crippen molar-refractivity contribution >= 4 is 33.0 Å². The van der Waals surface area contributed by atoms with Gasteiger partial charge in [0.05, 0.1) is 5.69 Å². The number of thiophene rings is 1. The molecule has 2 aromatic rings. The van der Waals surface area contributed by atoms with Crippen LogP contribution in [-0.4, -0.2) is 21.4 Å². The van der Waals surface area contributed by atoms with Gasteiger partial charge < -0.3 is 5.73 Å². The van der Waals surface area contributed by atoms with Crippen molar-refractivity contribution in [1.82, 2.24) is 0 Å². The Kier molecular flexibility index (Phi) is 3.82. The molecular formula is C13H14N2O3S2. The summed E-state index contributed by atoms with van der Waals surface area (Å²) in [6.45, 7) is 1.92. The van der Waals surface area contributed by atoms with E-state index >= 15 is 0 Å². The second-order valence-electron chi connectivity index (χ2n) is 4.29. The Hall–Kier alpha value is -1.86. The number of sulfonamides is 1. The number of carbonyl (C=O) groups is 1. The first kappa shape index (κ1) is 14.5. The van der Waals surface area contributed by atoms with Crippen LogP contribution in [0, 0.1) is 6.92 Å². The van der Waals surface area contributed by atoms with E-state index in [9.17, 15) is 13.2 Å². The van der Waals surface area contributed by atoms with Crippen LogP contribution in [0.25, 0.3) is 0 Å². The van der Waals surface area contributed by atoms with E-state index in [2.05, 4.69) is 0 Å². The van der Waals surface area contributed by atoms with E-state index in [0.29, 0.717) is 5.69 Å². The number of hydrogen-bond donors (Lipinski definition) is 1. The van der Waals surface area contributed by atoms with Gasteiger partial charge in [-0.25, -0.2) is 8.42 Å². The third-order valence-electron chi connectivity index (χ3n) is 2.89. The number of hydrogen-bond acceptors (Lipinski definition) is 4. The van der Waals surface area contributed by atoms with Gasteiger partial charge in [0, 0.05) is 7.05 Å². The lowest BCUT2D eigenvalue weighted by atomic mass is 10.2. The van der Waals surface area contributed by atoms with E-state index in [1.165, 1.54) is 18.5 Å². The van der Waals surface area contributed by atoms with Crippen LogP contribution in [-0.2, 0) is 10.0 Å². The van der Waals surface area contributed by atoms with Crippen LogP contribution in [0.5, 0.6) is 0 Å². The molecule has 5 nitrogen and oxygen atoms in total. The first-order valence-electron chi connectivity index (χ1n) is 5.77. The molecule has 1 amide bonds. The van der Waals surface area contributed by atoms with Gasteiger partial charge in [-0.05, 0) is 30.5 Å². The standard InChI is InChI=1S/C13H14N2O3S2/c1-9-3-5-10(6-4-9)15(2)20(17,18)11-7-8-19-12(11)13(14)16/h3-8H,1-2H3,(H2,14,16). The summed E-state index contributed by atoms with van der Waals surface area (Å²) in [7, 11) is -2.35. The highest BCUT2D eigenvalue weighted by atomic mass is 32.2. The molecule has 0 unspecified atom stereocenters. The van der Waals surface area contributed by atoms with Gasteiger partial charge in [0.2, 0.25) is 0 Å². The molecular weight excluding hydrogens is 296 g/mol. The zero-order chi connectivity index (χ0) is 14.9. The molecule has 0 saturated carbocycles. The molecule has 2 N–H and O–H groups in total. The van der Waals surface area contributed by atoms with Crippen molar-refractivity contribution in [2.24, 2.45) is 5.73 Å². The van der Waals surface area contributed by atoms with Crippen LogP contribution in [0.1, 0.15) is 15.2 Å². The Labute approximate surface area is 121 Å². The monoisotopic (exact) mass is 310 g/mol. The summed E-state index contributed by atoms with van der Waals surface area (Å²) in [6, 6.07) is 8.46. The van der Waals surface area contributed by atoms with Crippen molar-refractivity contribution in [3.8, 4) is 0 Å². The minimum atomic E-state index is -3.79. The number of nitrogens with two attached hydrogens (primary N) is 1. The summed E-state index contributed by atoms with van der Waals surface area (Å²) < 4.78 is 26.2. The van der Waals surface area contributed by atoms with Crippen molar-refractivity contribution in [3.05, 3.63) is 46.2 Å². The number of aryl methyl sites for hydroxylation is 1. The van der Waals surface area contributed by atoms with Crippen LogP contribution in [0.4, 0.5) is 5.69 Å². The fourth-order valence-electron chi connectivity index (χ4n) is 1.72. The van der Waals surface area contributed by atoms with E-state index in [1.807, 2.05) is 19.1 Å². The first-order valence-corrected chi connectivity index (χ1v) is 8.09. The minimum absolute atomic E-state index is 0.0453. The SMILES string of the molecule is Cc1ccc(N(C)S(=O)(=O)c2ccsc2C(N)=O)cc1. The summed E-state index contributed by atoms with van der Waals surface area (Å²) in [5.41, 5.74) is 6.76. The molecule has 0 fully saturated rings. The minimum Gasteiger partial charge on any atom is -0.365 e. The van der Waals surface area contributed by atoms with Crippen LogP contribution in [0.3, 0.4) is 0 Å². The molecule has 2 rings (SSSR count). The van der Waals surface area contributed by atoms with E-state index in [4.69, 9.17) is 5.73 Å². The van der Waals surface area contributed by atoms with Crippen LogP contribution >= 0.6 is 11.3 Å². The zero-order valence-corrected chi connectivity index (χ0v) is 12.7. The lowest BCUT2D eigenvalue weighted by Crippen LogP contribution is -2.28. The van der Waals surface area contributed by atoms with Crippen molar-refractivity contribution < 1.29 is 13.2 Å². The van der Waals surface area contributed by atoms with Gasteiger partial charge in [-0.15, -0.1) is 11.3 Å². The molecule has 1 aromatic carbocycles. The molecule has 0 radical (unpaired) electrons. The van der Waals surface area contributed by atoms with Crippen LogP contribution < -0.4 is 10.0 Å². The summed E-state index contributed by atoms with van der Waals surface area (Å²) in [4.78, 5) is 11.3. The smallest absolute Gasteiger partial charge is 0.265 e. The zero-order valence-electron chi connectivity index (χ0n) is 11.0. The Morgan fingerprint density at radius 3 is 2.35 bits per heavy atom. The second kappa shape index (κ2) is 5.26. The van der Waals surface area contributed by atoms with E-state index in [0.717, 1.165) is 21.2 Å². The second-order valence-corrected chi connectivity index (χ2v) is 7.14. The van der Waals surface area contributed by atoms with Gasteiger partial charge in [0.25, 0.3) is 15.9 Å². The molecule has 1 aromatic heterocycles. The highest BCUT2D eigenvalue weighted by Crippen LogP contribution is 2.27. The molecule has 0 aliphatic heterocycles. The summed E-state index contributed by atoms with van der Waals surface area (Å²) in [5, 5.41) is 1.54. The first-order chi connectivity index (χ1) is 9.34. The molecule has 20 heavy (non-hydrogen) atoms. The predicted octanol–water partition coefficient (Wildman–Crippen LogP) is 1.98. The number of anilines is 1. The molecule has 0 bridgehead atoms. The molecule has 0 aliphatic carbocycles. The van der Waals surface area contributed by atoms with E-state index in [1.54, 1.807) is 12.1 Å². The average Bonchev–Trinajstić information content (AvgIpc) is 2.89. The Morgan fingerprint density at radius 1 is 1.20 bits per heavy atom. The lowest BCUT2D eigenvalue weighted by molar-refractivity contribution is 0.100. The van der Waals surface area contributed by atoms with Gasteiger partial charge in [-0.1, -0.05) is 17.7 Å². The van der Waals surface area contributed by atoms with Gasteiger partial charge >= 0.3 is 0 Å². The number of benzene rings is 1. The molecule has 106 valence electrons. The maximum atomic E-state index is 12.5. The maximum Gasteiger partial charge on any atom is 0.265 e. The number of carbonyl (C=O) groups excluding carboxylic acids is 1. The molecule has 7 heteroatoms. The summed E-state index contributed by atoms with van der Waals surface area (Å²) in [5.74, 6) is -0.740. The Morgan fingerprint density at radius 2 is 1.80 bits per heavy atom. The van der Waals surface area contributed by atoms with Crippen molar-refractivity contribution in [1.29, 1.82) is 0 Å². The predicted molar refractivity (Wildman–Crippen MR) is 79.6 cm³/mol. The third kappa shape index (κ3) is 2.54. The highest BCUT2D eigenvalue weighted by molar-refractivity contribution is 7.93. The van der Waals surface area contributed by atoms with Gasteiger partial charge in [-0.2, -0.15) is 0 Å². The van der Waals surface area contributed by atoms with E-state index in [-0.39, 0.29) is 9.77 Å². The van der Waals surface area contributed by atoms with Gasteiger partial charge in [0.15, 0.2) is 0 Å². The van der Waals surface area contributed by atoms with Crippen molar-refractivity contribution in [2.75, 3.05) is 11.4 Å². The molecule has 0 aliphatic rings. The quantitative estimate of drug-likeness (QED) is 0.937. The Balaban J connectivity index is 2.47. The van der Waals surface area contributed by atoms with Gasteiger partial charge in [-0.3, -0.25) is 9.10 Å². The van der Waals surface area contributed by atoms with Crippen molar-refractivity contribution in [3.63, 3.8) is 0 Å². The molecule has 0 atom stereocenters. The Bertz CT molecular complexity index is 733. The normalized spacial score (nSPS) is 11.3. The third-order valence-corrected chi connectivity index (χ3v) is 5.78. The molecule has 1 heterocycles. The van der Waals surface area contributed by atoms with E-state index < -0.39 is 15.9 Å². The topological polar surface area (TPSA) is 80.5 Å². The fraction of sp³-hybridized carbons (Fsp3) is 0.154. The van der Waals surface area contributed by atoms with Crippen molar-refractivity contribution in [2.45, 2.75) is 11.8 Å². The summed E-state index contributed by atoms with van der Waals surface area (Å²) in [6.07, 6.45) is 0. The maximum absolute atomic E-state index is 12.5. The largest absolute Gasteiger partial charge is 0.365 e. The number of amides is 1. The lowest BCUT2D eigenvalue weighted by Gasteiger charge is -2.19. The fourth-order valence-corrected chi connectivity index (χ4v) is 4.18. The molecule has 0 saturated heterocycles.